The van der Waals surface area contributed by atoms with E-state index in [1.807, 2.05) is 18.2 Å². The third-order valence-electron chi connectivity index (χ3n) is 3.58. The predicted octanol–water partition coefficient (Wildman–Crippen LogP) is 4.49. The smallest absolute Gasteiger partial charge is 0.134 e. The topological polar surface area (TPSA) is 18.5 Å². The van der Waals surface area contributed by atoms with Crippen LogP contribution in [0.4, 0.5) is 8.78 Å². The van der Waals surface area contributed by atoms with E-state index in [1.54, 1.807) is 0 Å². The fourth-order valence-corrected chi connectivity index (χ4v) is 3.16. The van der Waals surface area contributed by atoms with Gasteiger partial charge in [-0.25, -0.2) is 8.78 Å². The summed E-state index contributed by atoms with van der Waals surface area (Å²) in [7, 11) is 1.38. The maximum atomic E-state index is 14.1. The first-order valence-corrected chi connectivity index (χ1v) is 7.38. The molecule has 1 heterocycles. The summed E-state index contributed by atoms with van der Waals surface area (Å²) >= 11 is 3.39. The Balaban J connectivity index is 2.00. The lowest BCUT2D eigenvalue weighted by molar-refractivity contribution is 0.134. The molecule has 5 heteroatoms. The van der Waals surface area contributed by atoms with Crippen LogP contribution < -0.4 is 4.74 Å². The summed E-state index contributed by atoms with van der Waals surface area (Å²) in [6.07, 6.45) is 0. The average Bonchev–Trinajstić information content (AvgIpc) is 2.93. The first kappa shape index (κ1) is 14.5. The Morgan fingerprint density at radius 1 is 1.10 bits per heavy atom. The summed E-state index contributed by atoms with van der Waals surface area (Å²) in [5.74, 6) is -1.10. The van der Waals surface area contributed by atoms with Gasteiger partial charge in [0.2, 0.25) is 0 Å². The lowest BCUT2D eigenvalue weighted by Crippen LogP contribution is -2.02. The highest BCUT2D eigenvalue weighted by Gasteiger charge is 2.22. The van der Waals surface area contributed by atoms with Crippen molar-refractivity contribution in [3.8, 4) is 5.75 Å². The van der Waals surface area contributed by atoms with Gasteiger partial charge >= 0.3 is 0 Å². The number of benzene rings is 2. The molecule has 0 fully saturated rings. The van der Waals surface area contributed by atoms with Crippen LogP contribution in [-0.4, -0.2) is 7.11 Å². The molecule has 0 bridgehead atoms. The molecule has 110 valence electrons. The SMILES string of the molecule is COc1cc(F)c(C(Br)c2ccc3c(c2)COC3)c(F)c1. The second-order valence-electron chi connectivity index (χ2n) is 4.89. The Morgan fingerprint density at radius 3 is 2.43 bits per heavy atom. The zero-order chi connectivity index (χ0) is 15.0. The summed E-state index contributed by atoms with van der Waals surface area (Å²) in [6.45, 7) is 1.13. The van der Waals surface area contributed by atoms with Gasteiger partial charge in [-0.05, 0) is 16.7 Å². The third-order valence-corrected chi connectivity index (χ3v) is 4.57. The van der Waals surface area contributed by atoms with Gasteiger partial charge in [0.15, 0.2) is 0 Å². The van der Waals surface area contributed by atoms with E-state index in [4.69, 9.17) is 9.47 Å². The molecule has 0 aliphatic carbocycles. The third kappa shape index (κ3) is 2.68. The predicted molar refractivity (Wildman–Crippen MR) is 78.6 cm³/mol. The Bertz CT molecular complexity index is 665. The van der Waals surface area contributed by atoms with Gasteiger partial charge < -0.3 is 9.47 Å². The van der Waals surface area contributed by atoms with Gasteiger partial charge in [-0.15, -0.1) is 0 Å². The van der Waals surface area contributed by atoms with Crippen molar-refractivity contribution in [2.75, 3.05) is 7.11 Å². The molecule has 1 unspecified atom stereocenters. The lowest BCUT2D eigenvalue weighted by Gasteiger charge is -2.15. The van der Waals surface area contributed by atoms with Gasteiger partial charge in [0.25, 0.3) is 0 Å². The summed E-state index contributed by atoms with van der Waals surface area (Å²) in [6, 6.07) is 8.08. The molecule has 0 amide bonds. The van der Waals surface area contributed by atoms with E-state index in [-0.39, 0.29) is 11.3 Å². The maximum Gasteiger partial charge on any atom is 0.134 e. The lowest BCUT2D eigenvalue weighted by atomic mass is 9.99. The molecule has 1 aliphatic rings. The fourth-order valence-electron chi connectivity index (χ4n) is 2.44. The van der Waals surface area contributed by atoms with Gasteiger partial charge in [0, 0.05) is 17.7 Å². The van der Waals surface area contributed by atoms with Crippen LogP contribution in [-0.2, 0) is 18.0 Å². The number of rotatable bonds is 3. The number of halogens is 3. The van der Waals surface area contributed by atoms with Gasteiger partial charge in [0.1, 0.15) is 17.4 Å². The van der Waals surface area contributed by atoms with E-state index in [9.17, 15) is 8.78 Å². The van der Waals surface area contributed by atoms with Crippen molar-refractivity contribution in [2.45, 2.75) is 18.0 Å². The van der Waals surface area contributed by atoms with Crippen molar-refractivity contribution >= 4 is 15.9 Å². The number of alkyl halides is 1. The molecule has 0 spiro atoms. The van der Waals surface area contributed by atoms with Crippen LogP contribution in [0, 0.1) is 11.6 Å². The van der Waals surface area contributed by atoms with Crippen LogP contribution in [0.2, 0.25) is 0 Å². The van der Waals surface area contributed by atoms with Crippen LogP contribution in [0.5, 0.6) is 5.75 Å². The van der Waals surface area contributed by atoms with E-state index in [0.717, 1.165) is 16.7 Å². The van der Waals surface area contributed by atoms with E-state index in [2.05, 4.69) is 15.9 Å². The summed E-state index contributed by atoms with van der Waals surface area (Å²) in [5.41, 5.74) is 2.96. The minimum atomic E-state index is -0.634. The molecule has 2 aromatic carbocycles. The Hall–Kier alpha value is -1.46. The molecule has 0 N–H and O–H groups in total. The standard InChI is InChI=1S/C16H13BrF2O2/c1-20-12-5-13(18)15(14(19)6-12)16(17)9-2-3-10-7-21-8-11(10)4-9/h2-6,16H,7-8H2,1H3. The molecule has 3 rings (SSSR count). The van der Waals surface area contributed by atoms with Crippen LogP contribution >= 0.6 is 15.9 Å². The quantitative estimate of drug-likeness (QED) is 0.756. The first-order chi connectivity index (χ1) is 10.1. The molecule has 1 atom stereocenters. The highest BCUT2D eigenvalue weighted by Crippen LogP contribution is 2.37. The van der Waals surface area contributed by atoms with E-state index in [1.165, 1.54) is 19.2 Å². The van der Waals surface area contributed by atoms with Crippen molar-refractivity contribution in [3.05, 3.63) is 64.2 Å². The van der Waals surface area contributed by atoms with E-state index in [0.29, 0.717) is 13.2 Å². The molecule has 21 heavy (non-hydrogen) atoms. The van der Waals surface area contributed by atoms with Crippen molar-refractivity contribution in [2.24, 2.45) is 0 Å². The summed E-state index contributed by atoms with van der Waals surface area (Å²) in [5, 5.41) is 0. The second kappa shape index (κ2) is 5.73. The van der Waals surface area contributed by atoms with Gasteiger partial charge in [0.05, 0.1) is 25.2 Å². The highest BCUT2D eigenvalue weighted by molar-refractivity contribution is 9.09. The van der Waals surface area contributed by atoms with E-state index < -0.39 is 16.5 Å². The molecule has 2 nitrogen and oxygen atoms in total. The fraction of sp³-hybridized carbons (Fsp3) is 0.250. The normalized spacial score (nSPS) is 14.9. The Labute approximate surface area is 129 Å². The molecule has 2 aromatic rings. The number of hydrogen-bond donors (Lipinski definition) is 0. The molecule has 0 saturated carbocycles. The average molecular weight is 355 g/mol. The minimum Gasteiger partial charge on any atom is -0.497 e. The number of hydrogen-bond acceptors (Lipinski definition) is 2. The second-order valence-corrected chi connectivity index (χ2v) is 5.80. The summed E-state index contributed by atoms with van der Waals surface area (Å²) < 4.78 is 38.5. The van der Waals surface area contributed by atoms with Crippen molar-refractivity contribution in [1.29, 1.82) is 0 Å². The van der Waals surface area contributed by atoms with Gasteiger partial charge in [-0.2, -0.15) is 0 Å². The highest BCUT2D eigenvalue weighted by atomic mass is 79.9. The Morgan fingerprint density at radius 2 is 1.76 bits per heavy atom. The molecular weight excluding hydrogens is 342 g/mol. The minimum absolute atomic E-state index is 0.0188. The van der Waals surface area contributed by atoms with Crippen LogP contribution in [0.1, 0.15) is 27.1 Å². The van der Waals surface area contributed by atoms with E-state index >= 15 is 0 Å². The molecule has 0 radical (unpaired) electrons. The number of fused-ring (bicyclic) bond motifs is 1. The van der Waals surface area contributed by atoms with Crippen molar-refractivity contribution in [3.63, 3.8) is 0 Å². The zero-order valence-corrected chi connectivity index (χ0v) is 12.9. The van der Waals surface area contributed by atoms with Crippen molar-refractivity contribution < 1.29 is 18.3 Å². The summed E-state index contributed by atoms with van der Waals surface area (Å²) in [4.78, 5) is -0.561. The molecule has 0 aromatic heterocycles. The zero-order valence-electron chi connectivity index (χ0n) is 11.3. The van der Waals surface area contributed by atoms with Crippen LogP contribution in [0.25, 0.3) is 0 Å². The maximum absolute atomic E-state index is 14.1. The molecule has 1 aliphatic heterocycles. The largest absolute Gasteiger partial charge is 0.497 e. The molecule has 0 saturated heterocycles. The first-order valence-electron chi connectivity index (χ1n) is 6.46. The van der Waals surface area contributed by atoms with Gasteiger partial charge in [-0.3, -0.25) is 0 Å². The van der Waals surface area contributed by atoms with Crippen molar-refractivity contribution in [1.82, 2.24) is 0 Å². The van der Waals surface area contributed by atoms with Crippen LogP contribution in [0.3, 0.4) is 0 Å². The number of methoxy groups -OCH3 is 1. The number of ether oxygens (including phenoxy) is 2. The van der Waals surface area contributed by atoms with Crippen LogP contribution in [0.15, 0.2) is 30.3 Å². The molecular formula is C16H13BrF2O2. The monoisotopic (exact) mass is 354 g/mol. The van der Waals surface area contributed by atoms with Gasteiger partial charge in [-0.1, -0.05) is 34.1 Å². The Kier molecular flexibility index (Phi) is 3.95.